The summed E-state index contributed by atoms with van der Waals surface area (Å²) in [6, 6.07) is 2.00. The van der Waals surface area contributed by atoms with Gasteiger partial charge in [-0.15, -0.1) is 0 Å². The van der Waals surface area contributed by atoms with Crippen molar-refractivity contribution < 1.29 is 0 Å². The molecule has 1 aromatic heterocycles. The smallest absolute Gasteiger partial charge is 0.255 e. The number of likely N-dealkylation sites (N-methyl/N-ethyl adjacent to an activating group) is 1. The molecule has 0 radical (unpaired) electrons. The van der Waals surface area contributed by atoms with E-state index < -0.39 is 0 Å². The lowest BCUT2D eigenvalue weighted by molar-refractivity contribution is 0.303. The number of nitrogens with two attached hydrogens (primary N) is 1. The van der Waals surface area contributed by atoms with Crippen molar-refractivity contribution in [2.75, 3.05) is 13.6 Å². The highest BCUT2D eigenvalue weighted by molar-refractivity contribution is 5.29. The molecular weight excluding hydrogens is 214 g/mol. The minimum atomic E-state index is 0.109. The standard InChI is InChI=1S/C13H21N3O/c1-3-5-16-12-4-6-15(2)9-11(12)7-10(8-14)13(16)17/h7H,3-6,8-9,14H2,1-2H3. The van der Waals surface area contributed by atoms with E-state index in [1.807, 2.05) is 10.6 Å². The molecule has 4 nitrogen and oxygen atoms in total. The van der Waals surface area contributed by atoms with Crippen LogP contribution in [0.5, 0.6) is 0 Å². The van der Waals surface area contributed by atoms with Crippen molar-refractivity contribution in [2.24, 2.45) is 5.73 Å². The summed E-state index contributed by atoms with van der Waals surface area (Å²) in [6.45, 7) is 5.19. The first-order valence-electron chi connectivity index (χ1n) is 6.30. The van der Waals surface area contributed by atoms with E-state index in [0.717, 1.165) is 38.0 Å². The van der Waals surface area contributed by atoms with Crippen LogP contribution < -0.4 is 11.3 Å². The highest BCUT2D eigenvalue weighted by Gasteiger charge is 2.19. The molecule has 1 aliphatic rings. The molecule has 4 heteroatoms. The second-order valence-corrected chi connectivity index (χ2v) is 4.79. The molecule has 94 valence electrons. The molecule has 0 atom stereocenters. The summed E-state index contributed by atoms with van der Waals surface area (Å²) in [5.41, 5.74) is 8.99. The Labute approximate surface area is 102 Å². The van der Waals surface area contributed by atoms with Crippen molar-refractivity contribution >= 4 is 0 Å². The van der Waals surface area contributed by atoms with Crippen molar-refractivity contribution in [3.05, 3.63) is 33.2 Å². The highest BCUT2D eigenvalue weighted by atomic mass is 16.1. The minimum Gasteiger partial charge on any atom is -0.326 e. The number of hydrogen-bond acceptors (Lipinski definition) is 3. The number of pyridine rings is 1. The van der Waals surface area contributed by atoms with Gasteiger partial charge in [0.25, 0.3) is 5.56 Å². The third kappa shape index (κ3) is 2.28. The molecule has 1 aromatic rings. The fourth-order valence-corrected chi connectivity index (χ4v) is 2.53. The van der Waals surface area contributed by atoms with Crippen molar-refractivity contribution in [3.63, 3.8) is 0 Å². The summed E-state index contributed by atoms with van der Waals surface area (Å²) in [5, 5.41) is 0. The van der Waals surface area contributed by atoms with Crippen molar-refractivity contribution in [2.45, 2.75) is 39.4 Å². The average molecular weight is 235 g/mol. The number of nitrogens with zero attached hydrogens (tertiary/aromatic N) is 2. The first kappa shape index (κ1) is 12.3. The van der Waals surface area contributed by atoms with Crippen molar-refractivity contribution in [3.8, 4) is 0 Å². The summed E-state index contributed by atoms with van der Waals surface area (Å²) in [7, 11) is 2.11. The zero-order valence-corrected chi connectivity index (χ0v) is 10.7. The van der Waals surface area contributed by atoms with Gasteiger partial charge in [0, 0.05) is 43.9 Å². The number of fused-ring (bicyclic) bond motifs is 1. The summed E-state index contributed by atoms with van der Waals surface area (Å²) >= 11 is 0. The average Bonchev–Trinajstić information content (AvgIpc) is 2.32. The van der Waals surface area contributed by atoms with Crippen LogP contribution in [0.3, 0.4) is 0 Å². The lowest BCUT2D eigenvalue weighted by Crippen LogP contribution is -2.35. The second-order valence-electron chi connectivity index (χ2n) is 4.79. The van der Waals surface area contributed by atoms with Gasteiger partial charge in [-0.05, 0) is 25.1 Å². The topological polar surface area (TPSA) is 51.3 Å². The van der Waals surface area contributed by atoms with Crippen LogP contribution in [0.15, 0.2) is 10.9 Å². The van der Waals surface area contributed by atoms with Gasteiger partial charge in [-0.2, -0.15) is 0 Å². The van der Waals surface area contributed by atoms with E-state index in [9.17, 15) is 4.79 Å². The van der Waals surface area contributed by atoms with Gasteiger partial charge < -0.3 is 15.2 Å². The normalized spacial score (nSPS) is 15.9. The lowest BCUT2D eigenvalue weighted by Gasteiger charge is -2.28. The molecule has 0 unspecified atom stereocenters. The van der Waals surface area contributed by atoms with E-state index in [1.165, 1.54) is 11.3 Å². The van der Waals surface area contributed by atoms with Gasteiger partial charge in [-0.3, -0.25) is 4.79 Å². The zero-order valence-electron chi connectivity index (χ0n) is 10.7. The largest absolute Gasteiger partial charge is 0.326 e. The molecular formula is C13H21N3O. The molecule has 0 bridgehead atoms. The molecule has 0 fully saturated rings. The van der Waals surface area contributed by atoms with E-state index in [-0.39, 0.29) is 5.56 Å². The first-order valence-corrected chi connectivity index (χ1v) is 6.30. The molecule has 0 aliphatic carbocycles. The summed E-state index contributed by atoms with van der Waals surface area (Å²) in [5.74, 6) is 0. The van der Waals surface area contributed by atoms with Gasteiger partial charge in [-0.1, -0.05) is 6.92 Å². The number of rotatable bonds is 3. The fraction of sp³-hybridized carbons (Fsp3) is 0.615. The first-order chi connectivity index (χ1) is 8.17. The Hall–Kier alpha value is -1.13. The Morgan fingerprint density at radius 3 is 2.88 bits per heavy atom. The summed E-state index contributed by atoms with van der Waals surface area (Å²) in [6.07, 6.45) is 1.95. The van der Waals surface area contributed by atoms with Gasteiger partial charge in [0.1, 0.15) is 0 Å². The van der Waals surface area contributed by atoms with Crippen LogP contribution in [0.25, 0.3) is 0 Å². The van der Waals surface area contributed by atoms with E-state index in [2.05, 4.69) is 18.9 Å². The Morgan fingerprint density at radius 2 is 2.24 bits per heavy atom. The third-order valence-corrected chi connectivity index (χ3v) is 3.40. The fourth-order valence-electron chi connectivity index (χ4n) is 2.53. The van der Waals surface area contributed by atoms with Crippen LogP contribution in [0.4, 0.5) is 0 Å². The SMILES string of the molecule is CCCn1c2c(cc(CN)c1=O)CN(C)CC2. The molecule has 0 aromatic carbocycles. The Kier molecular flexibility index (Phi) is 3.64. The second kappa shape index (κ2) is 5.02. The Morgan fingerprint density at radius 1 is 1.47 bits per heavy atom. The third-order valence-electron chi connectivity index (χ3n) is 3.40. The number of aromatic nitrogens is 1. The molecule has 2 N–H and O–H groups in total. The molecule has 17 heavy (non-hydrogen) atoms. The minimum absolute atomic E-state index is 0.109. The van der Waals surface area contributed by atoms with Crippen LogP contribution in [0.2, 0.25) is 0 Å². The number of hydrogen-bond donors (Lipinski definition) is 1. The summed E-state index contributed by atoms with van der Waals surface area (Å²) < 4.78 is 1.94. The maximum absolute atomic E-state index is 12.2. The molecule has 2 rings (SSSR count). The van der Waals surface area contributed by atoms with Crippen LogP contribution in [-0.4, -0.2) is 23.1 Å². The maximum atomic E-state index is 12.2. The molecule has 0 saturated carbocycles. The van der Waals surface area contributed by atoms with Crippen molar-refractivity contribution in [1.82, 2.24) is 9.47 Å². The van der Waals surface area contributed by atoms with Crippen LogP contribution in [0.1, 0.15) is 30.2 Å². The van der Waals surface area contributed by atoms with Crippen LogP contribution in [-0.2, 0) is 26.1 Å². The quantitative estimate of drug-likeness (QED) is 0.839. The molecule has 0 spiro atoms. The van der Waals surface area contributed by atoms with Crippen LogP contribution in [0, 0.1) is 0 Å². The van der Waals surface area contributed by atoms with Gasteiger partial charge >= 0.3 is 0 Å². The van der Waals surface area contributed by atoms with E-state index >= 15 is 0 Å². The monoisotopic (exact) mass is 235 g/mol. The maximum Gasteiger partial charge on any atom is 0.255 e. The van der Waals surface area contributed by atoms with Gasteiger partial charge in [0.05, 0.1) is 0 Å². The lowest BCUT2D eigenvalue weighted by atomic mass is 10.0. The Balaban J connectivity index is 2.55. The van der Waals surface area contributed by atoms with E-state index in [0.29, 0.717) is 6.54 Å². The van der Waals surface area contributed by atoms with Crippen LogP contribution >= 0.6 is 0 Å². The van der Waals surface area contributed by atoms with E-state index in [4.69, 9.17) is 5.73 Å². The predicted molar refractivity (Wildman–Crippen MR) is 68.9 cm³/mol. The summed E-state index contributed by atoms with van der Waals surface area (Å²) in [4.78, 5) is 14.5. The highest BCUT2D eigenvalue weighted by Crippen LogP contribution is 2.17. The van der Waals surface area contributed by atoms with Gasteiger partial charge in [-0.25, -0.2) is 0 Å². The van der Waals surface area contributed by atoms with Crippen molar-refractivity contribution in [1.29, 1.82) is 0 Å². The molecule has 0 amide bonds. The molecule has 2 heterocycles. The van der Waals surface area contributed by atoms with E-state index in [1.54, 1.807) is 0 Å². The van der Waals surface area contributed by atoms with Gasteiger partial charge in [0.2, 0.25) is 0 Å². The molecule has 1 aliphatic heterocycles. The Bertz CT molecular complexity index is 464. The predicted octanol–water partition coefficient (Wildman–Crippen LogP) is 0.705. The molecule has 0 saturated heterocycles. The van der Waals surface area contributed by atoms with Gasteiger partial charge in [0.15, 0.2) is 0 Å². The zero-order chi connectivity index (χ0) is 12.4.